The second-order valence-corrected chi connectivity index (χ2v) is 9.12. The van der Waals surface area contributed by atoms with Crippen LogP contribution in [-0.2, 0) is 24.1 Å². The average molecular weight is 490 g/mol. The first-order valence-corrected chi connectivity index (χ1v) is 12.2. The third kappa shape index (κ3) is 6.56. The zero-order valence-electron chi connectivity index (χ0n) is 20.4. The van der Waals surface area contributed by atoms with Crippen molar-refractivity contribution in [3.05, 3.63) is 77.1 Å². The smallest absolute Gasteiger partial charge is 0.322 e. The first kappa shape index (κ1) is 25.1. The summed E-state index contributed by atoms with van der Waals surface area (Å²) >= 11 is 0. The van der Waals surface area contributed by atoms with Gasteiger partial charge in [-0.15, -0.1) is 0 Å². The Morgan fingerprint density at radius 3 is 2.47 bits per heavy atom. The molecule has 1 amide bonds. The highest BCUT2D eigenvalue weighted by Crippen LogP contribution is 2.27. The van der Waals surface area contributed by atoms with Crippen LogP contribution >= 0.6 is 0 Å². The standard InChI is InChI=1S/C27H31N5O4/c1-18-26(35)25(27(36)29-17-24(33)34)31-23(30-18)16-20-11-14-32(15-12-20)22-9-6-19(7-10-22)5-8-21-4-2-3-13-28-21/h2-4,6-7,9-10,13,20,35H,5,8,11-12,14-17H2,1H3,(H,29,36)(H,33,34). The van der Waals surface area contributed by atoms with E-state index >= 15 is 0 Å². The lowest BCUT2D eigenvalue weighted by atomic mass is 9.92. The average Bonchev–Trinajstić information content (AvgIpc) is 2.89. The van der Waals surface area contributed by atoms with Crippen molar-refractivity contribution in [2.45, 2.75) is 39.0 Å². The van der Waals surface area contributed by atoms with E-state index in [1.807, 2.05) is 18.3 Å². The molecule has 1 saturated heterocycles. The molecule has 0 aliphatic carbocycles. The molecule has 3 aromatic rings. The van der Waals surface area contributed by atoms with Gasteiger partial charge in [0.25, 0.3) is 5.91 Å². The van der Waals surface area contributed by atoms with Crippen molar-refractivity contribution < 1.29 is 19.8 Å². The Morgan fingerprint density at radius 2 is 1.81 bits per heavy atom. The van der Waals surface area contributed by atoms with Gasteiger partial charge in [0.05, 0.1) is 5.69 Å². The number of pyridine rings is 1. The molecule has 2 aromatic heterocycles. The molecule has 0 unspecified atom stereocenters. The number of carboxylic acids is 1. The Labute approximate surface area is 210 Å². The van der Waals surface area contributed by atoms with Crippen molar-refractivity contribution in [3.63, 3.8) is 0 Å². The summed E-state index contributed by atoms with van der Waals surface area (Å²) in [4.78, 5) is 38.4. The van der Waals surface area contributed by atoms with Crippen molar-refractivity contribution >= 4 is 17.6 Å². The number of carboxylic acid groups (broad SMARTS) is 1. The summed E-state index contributed by atoms with van der Waals surface area (Å²) in [5.41, 5.74) is 3.73. The minimum atomic E-state index is -1.17. The van der Waals surface area contributed by atoms with Crippen LogP contribution in [-0.4, -0.2) is 56.7 Å². The van der Waals surface area contributed by atoms with Crippen molar-refractivity contribution in [2.24, 2.45) is 5.92 Å². The zero-order chi connectivity index (χ0) is 25.5. The third-order valence-corrected chi connectivity index (χ3v) is 6.50. The van der Waals surface area contributed by atoms with Crippen LogP contribution in [0.5, 0.6) is 5.75 Å². The van der Waals surface area contributed by atoms with E-state index in [9.17, 15) is 14.7 Å². The molecule has 1 aliphatic rings. The molecule has 0 spiro atoms. The zero-order valence-corrected chi connectivity index (χ0v) is 20.4. The molecule has 0 saturated carbocycles. The molecular weight excluding hydrogens is 458 g/mol. The maximum absolute atomic E-state index is 12.3. The molecule has 9 heteroatoms. The Kier molecular flexibility index (Phi) is 8.10. The number of aliphatic carboxylic acids is 1. The molecule has 3 heterocycles. The summed E-state index contributed by atoms with van der Waals surface area (Å²) in [6, 6.07) is 14.7. The number of aromatic nitrogens is 3. The minimum Gasteiger partial charge on any atom is -0.504 e. The molecule has 36 heavy (non-hydrogen) atoms. The molecule has 1 fully saturated rings. The second-order valence-electron chi connectivity index (χ2n) is 9.12. The van der Waals surface area contributed by atoms with Crippen molar-refractivity contribution in [1.82, 2.24) is 20.3 Å². The SMILES string of the molecule is Cc1nc(CC2CCN(c3ccc(CCc4ccccn4)cc3)CC2)nc(C(=O)NCC(=O)O)c1O. The fraction of sp³-hybridized carbons (Fsp3) is 0.370. The number of carbonyl (C=O) groups excluding carboxylic acids is 1. The first-order chi connectivity index (χ1) is 17.4. The molecule has 0 atom stereocenters. The summed E-state index contributed by atoms with van der Waals surface area (Å²) in [5.74, 6) is -1.36. The predicted octanol–water partition coefficient (Wildman–Crippen LogP) is 2.94. The third-order valence-electron chi connectivity index (χ3n) is 6.50. The number of hydrogen-bond acceptors (Lipinski definition) is 7. The Balaban J connectivity index is 1.30. The van der Waals surface area contributed by atoms with Crippen LogP contribution in [0.3, 0.4) is 0 Å². The number of rotatable bonds is 9. The molecule has 1 aromatic carbocycles. The van der Waals surface area contributed by atoms with Crippen LogP contribution in [0.1, 0.15) is 46.1 Å². The number of hydrogen-bond donors (Lipinski definition) is 3. The van der Waals surface area contributed by atoms with E-state index in [1.54, 1.807) is 6.92 Å². The molecular formula is C27H31N5O4. The highest BCUT2D eigenvalue weighted by molar-refractivity contribution is 5.96. The van der Waals surface area contributed by atoms with E-state index in [1.165, 1.54) is 11.3 Å². The molecule has 3 N–H and O–H groups in total. The van der Waals surface area contributed by atoms with E-state index < -0.39 is 18.4 Å². The quantitative estimate of drug-likeness (QED) is 0.419. The number of amides is 1. The summed E-state index contributed by atoms with van der Waals surface area (Å²) in [6.45, 7) is 2.90. The number of carbonyl (C=O) groups is 2. The van der Waals surface area contributed by atoms with E-state index in [-0.39, 0.29) is 11.4 Å². The second kappa shape index (κ2) is 11.6. The lowest BCUT2D eigenvalue weighted by molar-refractivity contribution is -0.135. The van der Waals surface area contributed by atoms with E-state index in [0.717, 1.165) is 44.5 Å². The van der Waals surface area contributed by atoms with Gasteiger partial charge in [-0.25, -0.2) is 9.97 Å². The lowest BCUT2D eigenvalue weighted by Gasteiger charge is -2.33. The monoisotopic (exact) mass is 489 g/mol. The van der Waals surface area contributed by atoms with E-state index in [2.05, 4.69) is 55.5 Å². The number of aryl methyl sites for hydroxylation is 3. The molecule has 0 radical (unpaired) electrons. The largest absolute Gasteiger partial charge is 0.504 e. The van der Waals surface area contributed by atoms with Gasteiger partial charge in [0.1, 0.15) is 12.4 Å². The van der Waals surface area contributed by atoms with Gasteiger partial charge < -0.3 is 20.4 Å². The lowest BCUT2D eigenvalue weighted by Crippen LogP contribution is -2.34. The van der Waals surface area contributed by atoms with Gasteiger partial charge in [0, 0.05) is 37.1 Å². The van der Waals surface area contributed by atoms with Gasteiger partial charge >= 0.3 is 5.97 Å². The van der Waals surface area contributed by atoms with Crippen molar-refractivity contribution in [2.75, 3.05) is 24.5 Å². The van der Waals surface area contributed by atoms with Crippen LogP contribution in [0.15, 0.2) is 48.7 Å². The molecule has 1 aliphatic heterocycles. The van der Waals surface area contributed by atoms with Gasteiger partial charge in [-0.1, -0.05) is 18.2 Å². The van der Waals surface area contributed by atoms with Gasteiger partial charge in [0.2, 0.25) is 0 Å². The summed E-state index contributed by atoms with van der Waals surface area (Å²) in [7, 11) is 0. The van der Waals surface area contributed by atoms with Gasteiger partial charge in [0.15, 0.2) is 11.4 Å². The predicted molar refractivity (Wildman–Crippen MR) is 135 cm³/mol. The molecule has 0 bridgehead atoms. The summed E-state index contributed by atoms with van der Waals surface area (Å²) in [6.07, 6.45) is 6.24. The van der Waals surface area contributed by atoms with Gasteiger partial charge in [-0.2, -0.15) is 0 Å². The fourth-order valence-corrected chi connectivity index (χ4v) is 4.46. The highest BCUT2D eigenvalue weighted by Gasteiger charge is 2.23. The number of benzene rings is 1. The van der Waals surface area contributed by atoms with Crippen molar-refractivity contribution in [3.8, 4) is 5.75 Å². The van der Waals surface area contributed by atoms with Crippen LogP contribution in [0.4, 0.5) is 5.69 Å². The molecule has 9 nitrogen and oxygen atoms in total. The normalized spacial score (nSPS) is 14.0. The number of nitrogens with one attached hydrogen (secondary N) is 1. The number of anilines is 1. The Bertz CT molecular complexity index is 1190. The summed E-state index contributed by atoms with van der Waals surface area (Å²) in [5, 5.41) is 21.2. The highest BCUT2D eigenvalue weighted by atomic mass is 16.4. The minimum absolute atomic E-state index is 0.181. The molecule has 188 valence electrons. The van der Waals surface area contributed by atoms with Crippen LogP contribution in [0.25, 0.3) is 0 Å². The van der Waals surface area contributed by atoms with Gasteiger partial charge in [-0.3, -0.25) is 14.6 Å². The maximum atomic E-state index is 12.3. The first-order valence-electron chi connectivity index (χ1n) is 12.2. The Hall–Kier alpha value is -4.01. The Morgan fingerprint density at radius 1 is 1.06 bits per heavy atom. The van der Waals surface area contributed by atoms with Crippen LogP contribution in [0.2, 0.25) is 0 Å². The van der Waals surface area contributed by atoms with Crippen molar-refractivity contribution in [1.29, 1.82) is 0 Å². The topological polar surface area (TPSA) is 129 Å². The molecule has 4 rings (SSSR count). The van der Waals surface area contributed by atoms with Crippen LogP contribution in [0, 0.1) is 12.8 Å². The summed E-state index contributed by atoms with van der Waals surface area (Å²) < 4.78 is 0. The number of piperidine rings is 1. The number of nitrogens with zero attached hydrogens (tertiary/aromatic N) is 4. The number of aromatic hydroxyl groups is 1. The van der Waals surface area contributed by atoms with Gasteiger partial charge in [-0.05, 0) is 68.4 Å². The van der Waals surface area contributed by atoms with E-state index in [0.29, 0.717) is 23.9 Å². The fourth-order valence-electron chi connectivity index (χ4n) is 4.46. The van der Waals surface area contributed by atoms with Crippen LogP contribution < -0.4 is 10.2 Å². The maximum Gasteiger partial charge on any atom is 0.322 e. The van der Waals surface area contributed by atoms with E-state index in [4.69, 9.17) is 5.11 Å².